The van der Waals surface area contributed by atoms with Crippen molar-refractivity contribution in [3.63, 3.8) is 0 Å². The molecule has 0 aromatic heterocycles. The van der Waals surface area contributed by atoms with Crippen LogP contribution in [0.5, 0.6) is 5.75 Å². The van der Waals surface area contributed by atoms with Crippen molar-refractivity contribution >= 4 is 11.8 Å². The first kappa shape index (κ1) is 19.1. The summed E-state index contributed by atoms with van der Waals surface area (Å²) in [7, 11) is 1.71. The standard InChI is InChI=1S/C18H24F2N2O3/c1-3-16(23)22-10-4-5-14(12-22)17(24)21(2)11-13-6-8-15(9-7-13)25-18(19)20/h6-9,14,18H,3-5,10-12H2,1-2H3. The number of ether oxygens (including phenoxy) is 1. The van der Waals surface area contributed by atoms with Crippen molar-refractivity contribution in [2.75, 3.05) is 20.1 Å². The zero-order chi connectivity index (χ0) is 18.4. The Labute approximate surface area is 146 Å². The Morgan fingerprint density at radius 1 is 1.32 bits per heavy atom. The Bertz CT molecular complexity index is 592. The van der Waals surface area contributed by atoms with E-state index in [4.69, 9.17) is 0 Å². The molecule has 2 amide bonds. The second kappa shape index (κ2) is 8.78. The highest BCUT2D eigenvalue weighted by atomic mass is 19.3. The van der Waals surface area contributed by atoms with Gasteiger partial charge in [0.05, 0.1) is 5.92 Å². The van der Waals surface area contributed by atoms with Gasteiger partial charge in [0, 0.05) is 33.1 Å². The average molecular weight is 354 g/mol. The third kappa shape index (κ3) is 5.41. The van der Waals surface area contributed by atoms with Crippen LogP contribution in [-0.2, 0) is 16.1 Å². The van der Waals surface area contributed by atoms with Crippen molar-refractivity contribution in [2.24, 2.45) is 5.92 Å². The summed E-state index contributed by atoms with van der Waals surface area (Å²) < 4.78 is 28.6. The predicted molar refractivity (Wildman–Crippen MR) is 89.1 cm³/mol. The van der Waals surface area contributed by atoms with E-state index >= 15 is 0 Å². The van der Waals surface area contributed by atoms with Gasteiger partial charge in [0.2, 0.25) is 11.8 Å². The molecule has 0 bridgehead atoms. The molecule has 1 aliphatic rings. The van der Waals surface area contributed by atoms with Crippen molar-refractivity contribution in [3.8, 4) is 5.75 Å². The highest BCUT2D eigenvalue weighted by Crippen LogP contribution is 2.21. The van der Waals surface area contributed by atoms with Crippen LogP contribution in [0.25, 0.3) is 0 Å². The third-order valence-corrected chi connectivity index (χ3v) is 4.37. The summed E-state index contributed by atoms with van der Waals surface area (Å²) in [6.07, 6.45) is 2.05. The number of alkyl halides is 2. The molecule has 7 heteroatoms. The van der Waals surface area contributed by atoms with Gasteiger partial charge in [-0.3, -0.25) is 9.59 Å². The molecular weight excluding hydrogens is 330 g/mol. The molecule has 0 saturated carbocycles. The molecule has 1 heterocycles. The molecule has 25 heavy (non-hydrogen) atoms. The van der Waals surface area contributed by atoms with Gasteiger partial charge in [-0.2, -0.15) is 8.78 Å². The lowest BCUT2D eigenvalue weighted by atomic mass is 9.96. The van der Waals surface area contributed by atoms with Crippen molar-refractivity contribution in [1.82, 2.24) is 9.80 Å². The number of hydrogen-bond donors (Lipinski definition) is 0. The third-order valence-electron chi connectivity index (χ3n) is 4.37. The number of hydrogen-bond acceptors (Lipinski definition) is 3. The van der Waals surface area contributed by atoms with Crippen LogP contribution in [0.4, 0.5) is 8.78 Å². The first-order valence-corrected chi connectivity index (χ1v) is 8.47. The molecule has 0 spiro atoms. The van der Waals surface area contributed by atoms with Crippen molar-refractivity contribution < 1.29 is 23.1 Å². The number of benzene rings is 1. The Morgan fingerprint density at radius 2 is 2.00 bits per heavy atom. The first-order valence-electron chi connectivity index (χ1n) is 8.47. The van der Waals surface area contributed by atoms with Gasteiger partial charge in [0.15, 0.2) is 0 Å². The molecule has 0 radical (unpaired) electrons. The largest absolute Gasteiger partial charge is 0.435 e. The number of halogens is 2. The van der Waals surface area contributed by atoms with Crippen LogP contribution in [0.1, 0.15) is 31.7 Å². The number of piperidine rings is 1. The molecule has 0 aliphatic carbocycles. The zero-order valence-electron chi connectivity index (χ0n) is 14.6. The van der Waals surface area contributed by atoms with E-state index in [-0.39, 0.29) is 23.5 Å². The lowest BCUT2D eigenvalue weighted by Crippen LogP contribution is -2.45. The molecule has 138 valence electrons. The average Bonchev–Trinajstić information content (AvgIpc) is 2.61. The summed E-state index contributed by atoms with van der Waals surface area (Å²) in [5, 5.41) is 0. The number of rotatable bonds is 6. The molecule has 1 saturated heterocycles. The van der Waals surface area contributed by atoms with Gasteiger partial charge in [0.25, 0.3) is 0 Å². The second-order valence-corrected chi connectivity index (χ2v) is 6.25. The maximum absolute atomic E-state index is 12.6. The van der Waals surface area contributed by atoms with E-state index in [0.717, 1.165) is 18.4 Å². The van der Waals surface area contributed by atoms with E-state index in [1.165, 1.54) is 12.1 Å². The Morgan fingerprint density at radius 3 is 2.60 bits per heavy atom. The fourth-order valence-corrected chi connectivity index (χ4v) is 3.07. The topological polar surface area (TPSA) is 49.9 Å². The van der Waals surface area contributed by atoms with Gasteiger partial charge >= 0.3 is 6.61 Å². The Kier molecular flexibility index (Phi) is 6.73. The van der Waals surface area contributed by atoms with Crippen LogP contribution in [-0.4, -0.2) is 48.4 Å². The summed E-state index contributed by atoms with van der Waals surface area (Å²) in [5.41, 5.74) is 0.828. The van der Waals surface area contributed by atoms with Gasteiger partial charge in [-0.05, 0) is 30.5 Å². The molecular formula is C18H24F2N2O3. The SMILES string of the molecule is CCC(=O)N1CCCC(C(=O)N(C)Cc2ccc(OC(F)F)cc2)C1. The Hall–Kier alpha value is -2.18. The molecule has 1 aromatic carbocycles. The molecule has 0 N–H and O–H groups in total. The Balaban J connectivity index is 1.92. The van der Waals surface area contributed by atoms with Crippen molar-refractivity contribution in [3.05, 3.63) is 29.8 Å². The van der Waals surface area contributed by atoms with E-state index < -0.39 is 6.61 Å². The summed E-state index contributed by atoms with van der Waals surface area (Å²) >= 11 is 0. The maximum atomic E-state index is 12.6. The maximum Gasteiger partial charge on any atom is 0.387 e. The molecule has 1 fully saturated rings. The number of amides is 2. The smallest absolute Gasteiger partial charge is 0.387 e. The molecule has 1 aromatic rings. The minimum Gasteiger partial charge on any atom is -0.435 e. The molecule has 1 aliphatic heterocycles. The quantitative estimate of drug-likeness (QED) is 0.789. The minimum atomic E-state index is -2.85. The number of carbonyl (C=O) groups excluding carboxylic acids is 2. The van der Waals surface area contributed by atoms with Gasteiger partial charge < -0.3 is 14.5 Å². The first-order chi connectivity index (χ1) is 11.9. The van der Waals surface area contributed by atoms with Gasteiger partial charge in [0.1, 0.15) is 5.75 Å². The zero-order valence-corrected chi connectivity index (χ0v) is 14.6. The summed E-state index contributed by atoms with van der Waals surface area (Å²) in [6, 6.07) is 6.24. The van der Waals surface area contributed by atoms with Gasteiger partial charge in [-0.25, -0.2) is 0 Å². The lowest BCUT2D eigenvalue weighted by molar-refractivity contribution is -0.140. The van der Waals surface area contributed by atoms with E-state index in [1.54, 1.807) is 29.0 Å². The molecule has 5 nitrogen and oxygen atoms in total. The second-order valence-electron chi connectivity index (χ2n) is 6.25. The van der Waals surface area contributed by atoms with E-state index in [1.807, 2.05) is 6.92 Å². The molecule has 2 rings (SSSR count). The number of carbonyl (C=O) groups is 2. The summed E-state index contributed by atoms with van der Waals surface area (Å²) in [5.74, 6) is -0.0132. The summed E-state index contributed by atoms with van der Waals surface area (Å²) in [4.78, 5) is 27.9. The van der Waals surface area contributed by atoms with Crippen LogP contribution in [0, 0.1) is 5.92 Å². The van der Waals surface area contributed by atoms with Crippen molar-refractivity contribution in [1.29, 1.82) is 0 Å². The van der Waals surface area contributed by atoms with Crippen molar-refractivity contribution in [2.45, 2.75) is 39.3 Å². The van der Waals surface area contributed by atoms with E-state index in [2.05, 4.69) is 4.74 Å². The van der Waals surface area contributed by atoms with Crippen LogP contribution in [0.3, 0.4) is 0 Å². The monoisotopic (exact) mass is 354 g/mol. The van der Waals surface area contributed by atoms with Gasteiger partial charge in [-0.1, -0.05) is 19.1 Å². The lowest BCUT2D eigenvalue weighted by Gasteiger charge is -2.34. The predicted octanol–water partition coefficient (Wildman–Crippen LogP) is 2.90. The fourth-order valence-electron chi connectivity index (χ4n) is 3.07. The van der Waals surface area contributed by atoms with Crippen LogP contribution >= 0.6 is 0 Å². The van der Waals surface area contributed by atoms with Gasteiger partial charge in [-0.15, -0.1) is 0 Å². The van der Waals surface area contributed by atoms with E-state index in [0.29, 0.717) is 26.1 Å². The number of likely N-dealkylation sites (tertiary alicyclic amines) is 1. The highest BCUT2D eigenvalue weighted by molar-refractivity contribution is 5.81. The fraction of sp³-hybridized carbons (Fsp3) is 0.556. The summed E-state index contributed by atoms with van der Waals surface area (Å²) in [6.45, 7) is 0.533. The highest BCUT2D eigenvalue weighted by Gasteiger charge is 2.29. The molecule has 1 atom stereocenters. The van der Waals surface area contributed by atoms with Crippen LogP contribution < -0.4 is 4.74 Å². The normalized spacial score (nSPS) is 17.5. The van der Waals surface area contributed by atoms with Crippen LogP contribution in [0.2, 0.25) is 0 Å². The van der Waals surface area contributed by atoms with E-state index in [9.17, 15) is 18.4 Å². The number of nitrogens with zero attached hydrogens (tertiary/aromatic N) is 2. The molecule has 1 unspecified atom stereocenters. The minimum absolute atomic E-state index is 0.00140. The van der Waals surface area contributed by atoms with Crippen LogP contribution in [0.15, 0.2) is 24.3 Å².